The Morgan fingerprint density at radius 2 is 1.54 bits per heavy atom. The van der Waals surface area contributed by atoms with Crippen LogP contribution in [0.3, 0.4) is 0 Å². The molecule has 4 aromatic rings. The fourth-order valence-corrected chi connectivity index (χ4v) is 3.22. The second-order valence-electron chi connectivity index (χ2n) is 5.81. The molecule has 0 bridgehead atoms. The van der Waals surface area contributed by atoms with Crippen LogP contribution in [0.2, 0.25) is 5.02 Å². The molecule has 0 unspecified atom stereocenters. The van der Waals surface area contributed by atoms with Crippen molar-refractivity contribution in [3.05, 3.63) is 77.4 Å². The first-order valence-corrected chi connectivity index (χ1v) is 8.37. The number of anilines is 1. The topological polar surface area (TPSA) is 75.6 Å². The molecule has 0 atom stereocenters. The van der Waals surface area contributed by atoms with Gasteiger partial charge in [0, 0.05) is 21.5 Å². The number of nitrogens with two attached hydrogens (primary N) is 1. The molecule has 124 valence electrons. The molecular weight excluding hydrogens is 344 g/mol. The molecule has 26 heavy (non-hydrogen) atoms. The summed E-state index contributed by atoms with van der Waals surface area (Å²) in [5, 5.41) is 11.9. The molecule has 1 heterocycles. The molecule has 2 N–H and O–H groups in total. The molecule has 0 fully saturated rings. The Morgan fingerprint density at radius 1 is 0.846 bits per heavy atom. The Bertz CT molecular complexity index is 1160. The molecule has 0 radical (unpaired) electrons. The lowest BCUT2D eigenvalue weighted by Gasteiger charge is -2.12. The van der Waals surface area contributed by atoms with Crippen LogP contribution in [-0.2, 0) is 0 Å². The normalized spacial score (nSPS) is 10.6. The third-order valence-corrected chi connectivity index (χ3v) is 4.47. The molecular formula is C21H13ClN4. The van der Waals surface area contributed by atoms with Crippen LogP contribution in [0, 0.1) is 11.3 Å². The van der Waals surface area contributed by atoms with Gasteiger partial charge in [-0.05, 0) is 17.5 Å². The van der Waals surface area contributed by atoms with Crippen LogP contribution in [0.4, 0.5) is 5.82 Å². The van der Waals surface area contributed by atoms with E-state index in [-0.39, 0.29) is 11.5 Å². The molecule has 0 amide bonds. The molecule has 5 heteroatoms. The summed E-state index contributed by atoms with van der Waals surface area (Å²) >= 11 is 6.48. The fourth-order valence-electron chi connectivity index (χ4n) is 2.93. The molecule has 4 rings (SSSR count). The van der Waals surface area contributed by atoms with E-state index in [0.717, 1.165) is 21.9 Å². The van der Waals surface area contributed by atoms with E-state index in [4.69, 9.17) is 17.3 Å². The highest BCUT2D eigenvalue weighted by atomic mass is 35.5. The maximum atomic E-state index is 9.32. The fraction of sp³-hybridized carbons (Fsp3) is 0. The molecule has 0 aliphatic rings. The van der Waals surface area contributed by atoms with E-state index in [1.165, 1.54) is 0 Å². The van der Waals surface area contributed by atoms with Crippen molar-refractivity contribution in [2.24, 2.45) is 0 Å². The van der Waals surface area contributed by atoms with Crippen molar-refractivity contribution in [3.8, 4) is 28.6 Å². The number of hydrogen-bond donors (Lipinski definition) is 1. The average molecular weight is 357 g/mol. The molecule has 1 aromatic heterocycles. The smallest absolute Gasteiger partial charge is 0.183 e. The van der Waals surface area contributed by atoms with E-state index >= 15 is 0 Å². The van der Waals surface area contributed by atoms with Gasteiger partial charge in [-0.3, -0.25) is 0 Å². The number of nitrogen functional groups attached to an aromatic ring is 1. The molecule has 0 spiro atoms. The van der Waals surface area contributed by atoms with E-state index < -0.39 is 0 Å². The predicted octanol–water partition coefficient (Wildman–Crippen LogP) is 5.07. The van der Waals surface area contributed by atoms with Crippen molar-refractivity contribution in [2.75, 3.05) is 5.73 Å². The molecule has 4 nitrogen and oxygen atoms in total. The summed E-state index contributed by atoms with van der Waals surface area (Å²) in [6, 6.07) is 23.3. The number of fused-ring (bicyclic) bond motifs is 1. The first-order valence-electron chi connectivity index (χ1n) is 7.99. The monoisotopic (exact) mass is 356 g/mol. The lowest BCUT2D eigenvalue weighted by atomic mass is 10.0. The third kappa shape index (κ3) is 2.75. The molecule has 0 aliphatic heterocycles. The molecule has 3 aromatic carbocycles. The zero-order valence-electron chi connectivity index (χ0n) is 13.6. The number of rotatable bonds is 2. The van der Waals surface area contributed by atoms with Gasteiger partial charge in [0.15, 0.2) is 11.5 Å². The molecule has 0 saturated carbocycles. The highest BCUT2D eigenvalue weighted by Crippen LogP contribution is 2.35. The van der Waals surface area contributed by atoms with E-state index in [1.54, 1.807) is 0 Å². The SMILES string of the molecule is N#Cc1nc(-c2cc(Cl)c3ccccc3c2)c(-c2ccccc2)nc1N. The van der Waals surface area contributed by atoms with Gasteiger partial charge < -0.3 is 5.73 Å². The summed E-state index contributed by atoms with van der Waals surface area (Å²) in [7, 11) is 0. The van der Waals surface area contributed by atoms with Crippen molar-refractivity contribution >= 4 is 28.2 Å². The minimum absolute atomic E-state index is 0.101. The van der Waals surface area contributed by atoms with Crippen molar-refractivity contribution < 1.29 is 0 Å². The van der Waals surface area contributed by atoms with Crippen LogP contribution < -0.4 is 5.73 Å². The maximum absolute atomic E-state index is 9.32. The van der Waals surface area contributed by atoms with Crippen molar-refractivity contribution in [3.63, 3.8) is 0 Å². The van der Waals surface area contributed by atoms with Gasteiger partial charge in [0.05, 0.1) is 11.4 Å². The summed E-state index contributed by atoms with van der Waals surface area (Å²) in [4.78, 5) is 8.93. The Labute approximate surface area is 155 Å². The highest BCUT2D eigenvalue weighted by Gasteiger charge is 2.16. The first kappa shape index (κ1) is 16.1. The third-order valence-electron chi connectivity index (χ3n) is 4.16. The molecule has 0 saturated heterocycles. The summed E-state index contributed by atoms with van der Waals surface area (Å²) in [6.45, 7) is 0. The van der Waals surface area contributed by atoms with Gasteiger partial charge >= 0.3 is 0 Å². The zero-order valence-corrected chi connectivity index (χ0v) is 14.4. The number of halogens is 1. The Morgan fingerprint density at radius 3 is 2.31 bits per heavy atom. The van der Waals surface area contributed by atoms with Crippen molar-refractivity contribution in [1.29, 1.82) is 5.26 Å². The van der Waals surface area contributed by atoms with E-state index in [9.17, 15) is 5.26 Å². The van der Waals surface area contributed by atoms with Gasteiger partial charge in [0.1, 0.15) is 6.07 Å². The van der Waals surface area contributed by atoms with Crippen LogP contribution in [0.15, 0.2) is 66.7 Å². The van der Waals surface area contributed by atoms with Gasteiger partial charge in [-0.2, -0.15) is 5.26 Å². The van der Waals surface area contributed by atoms with Gasteiger partial charge in [-0.25, -0.2) is 9.97 Å². The van der Waals surface area contributed by atoms with Gasteiger partial charge in [0.2, 0.25) is 0 Å². The summed E-state index contributed by atoms with van der Waals surface area (Å²) < 4.78 is 0. The van der Waals surface area contributed by atoms with Crippen molar-refractivity contribution in [1.82, 2.24) is 9.97 Å². The van der Waals surface area contributed by atoms with Crippen LogP contribution in [-0.4, -0.2) is 9.97 Å². The number of benzene rings is 3. The largest absolute Gasteiger partial charge is 0.381 e. The summed E-state index contributed by atoms with van der Waals surface area (Å²) in [5.74, 6) is 0.113. The number of nitriles is 1. The summed E-state index contributed by atoms with van der Waals surface area (Å²) in [5.41, 5.74) is 8.87. The zero-order chi connectivity index (χ0) is 18.1. The van der Waals surface area contributed by atoms with E-state index in [2.05, 4.69) is 9.97 Å². The lowest BCUT2D eigenvalue weighted by molar-refractivity contribution is 1.18. The van der Waals surface area contributed by atoms with Crippen LogP contribution in [0.1, 0.15) is 5.69 Å². The quantitative estimate of drug-likeness (QED) is 0.544. The lowest BCUT2D eigenvalue weighted by Crippen LogP contribution is -2.03. The Kier molecular flexibility index (Phi) is 4.00. The highest BCUT2D eigenvalue weighted by molar-refractivity contribution is 6.36. The average Bonchev–Trinajstić information content (AvgIpc) is 2.68. The van der Waals surface area contributed by atoms with Gasteiger partial charge in [-0.1, -0.05) is 66.2 Å². The number of aromatic nitrogens is 2. The van der Waals surface area contributed by atoms with Crippen LogP contribution in [0.25, 0.3) is 33.3 Å². The van der Waals surface area contributed by atoms with Crippen LogP contribution in [0.5, 0.6) is 0 Å². The van der Waals surface area contributed by atoms with E-state index in [1.807, 2.05) is 72.8 Å². The Balaban J connectivity index is 2.03. The van der Waals surface area contributed by atoms with Gasteiger partial charge in [-0.15, -0.1) is 0 Å². The first-order chi connectivity index (χ1) is 12.7. The minimum atomic E-state index is 0.101. The van der Waals surface area contributed by atoms with Crippen LogP contribution >= 0.6 is 11.6 Å². The second-order valence-corrected chi connectivity index (χ2v) is 6.22. The maximum Gasteiger partial charge on any atom is 0.183 e. The number of nitrogens with zero attached hydrogens (tertiary/aromatic N) is 3. The van der Waals surface area contributed by atoms with Gasteiger partial charge in [0.25, 0.3) is 0 Å². The summed E-state index contributed by atoms with van der Waals surface area (Å²) in [6.07, 6.45) is 0. The minimum Gasteiger partial charge on any atom is -0.381 e. The van der Waals surface area contributed by atoms with Crippen molar-refractivity contribution in [2.45, 2.75) is 0 Å². The number of hydrogen-bond acceptors (Lipinski definition) is 4. The Hall–Kier alpha value is -3.42. The predicted molar refractivity (Wildman–Crippen MR) is 105 cm³/mol. The molecule has 0 aliphatic carbocycles. The van der Waals surface area contributed by atoms with E-state index in [0.29, 0.717) is 16.4 Å². The standard InChI is InChI=1S/C21H13ClN4/c22-17-11-15(10-14-8-4-5-9-16(14)17)20-19(13-6-2-1-3-7-13)26-21(24)18(12-23)25-20/h1-11H,(H2,24,26). The second kappa shape index (κ2) is 6.47.